The molecule has 6 nitrogen and oxygen atoms in total. The zero-order valence-electron chi connectivity index (χ0n) is 14.7. The molecular weight excluding hydrogens is 335 g/mol. The number of nitrogens with one attached hydrogen (secondary N) is 3. The van der Waals surface area contributed by atoms with Gasteiger partial charge >= 0.3 is 0 Å². The van der Waals surface area contributed by atoms with Gasteiger partial charge in [0.2, 0.25) is 11.8 Å². The van der Waals surface area contributed by atoms with E-state index in [0.717, 1.165) is 24.8 Å². The zero-order valence-corrected chi connectivity index (χ0v) is 14.7. The van der Waals surface area contributed by atoms with Gasteiger partial charge < -0.3 is 10.1 Å². The van der Waals surface area contributed by atoms with Gasteiger partial charge in [-0.3, -0.25) is 10.2 Å². The fourth-order valence-corrected chi connectivity index (χ4v) is 2.84. The van der Waals surface area contributed by atoms with Gasteiger partial charge in [0.05, 0.1) is 0 Å². The Bertz CT molecular complexity index is 721. The summed E-state index contributed by atoms with van der Waals surface area (Å²) in [5.41, 5.74) is 7.08. The minimum absolute atomic E-state index is 0.0252. The van der Waals surface area contributed by atoms with Crippen molar-refractivity contribution in [2.45, 2.75) is 44.8 Å². The van der Waals surface area contributed by atoms with Gasteiger partial charge in [0.15, 0.2) is 0 Å². The highest BCUT2D eigenvalue weighted by Gasteiger charge is 2.28. The molecule has 2 heterocycles. The molecule has 3 rings (SSSR count). The van der Waals surface area contributed by atoms with Crippen LogP contribution in [0.2, 0.25) is 0 Å². The average molecular weight is 358 g/mol. The Kier molecular flexibility index (Phi) is 6.14. The van der Waals surface area contributed by atoms with Crippen LogP contribution < -0.4 is 20.9 Å². The first-order chi connectivity index (χ1) is 12.6. The molecule has 2 unspecified atom stereocenters. The van der Waals surface area contributed by atoms with Crippen LogP contribution in [0.25, 0.3) is 0 Å². The molecule has 7 heteroatoms. The maximum absolute atomic E-state index is 12.9. The van der Waals surface area contributed by atoms with Crippen molar-refractivity contribution < 1.29 is 13.9 Å². The maximum Gasteiger partial charge on any atom is 0.238 e. The Morgan fingerprint density at radius 3 is 2.77 bits per heavy atom. The van der Waals surface area contributed by atoms with Gasteiger partial charge in [-0.25, -0.2) is 14.8 Å². The molecule has 3 N–H and O–H groups in total. The van der Waals surface area contributed by atoms with E-state index in [1.807, 2.05) is 6.07 Å². The summed E-state index contributed by atoms with van der Waals surface area (Å²) in [6.07, 6.45) is 4.59. The molecule has 2 aromatic rings. The van der Waals surface area contributed by atoms with E-state index in [1.54, 1.807) is 24.4 Å². The molecule has 0 radical (unpaired) electrons. The summed E-state index contributed by atoms with van der Waals surface area (Å²) in [6.45, 7) is 2.53. The summed E-state index contributed by atoms with van der Waals surface area (Å²) in [6, 6.07) is 9.44. The van der Waals surface area contributed by atoms with Crippen molar-refractivity contribution in [3.05, 3.63) is 54.0 Å². The van der Waals surface area contributed by atoms with E-state index in [0.29, 0.717) is 24.2 Å². The second-order valence-corrected chi connectivity index (χ2v) is 6.34. The minimum atomic E-state index is -0.315. The first-order valence-electron chi connectivity index (χ1n) is 8.81. The fraction of sp³-hybridized carbons (Fsp3) is 0.368. The monoisotopic (exact) mass is 358 g/mol. The summed E-state index contributed by atoms with van der Waals surface area (Å²) < 4.78 is 18.4. The molecule has 26 heavy (non-hydrogen) atoms. The number of hydrogen-bond acceptors (Lipinski definition) is 5. The lowest BCUT2D eigenvalue weighted by atomic mass is 10.1. The van der Waals surface area contributed by atoms with Gasteiger partial charge in [-0.2, -0.15) is 0 Å². The van der Waals surface area contributed by atoms with Crippen molar-refractivity contribution in [2.75, 3.05) is 0 Å². The van der Waals surface area contributed by atoms with Crippen LogP contribution in [0, 0.1) is 5.82 Å². The maximum atomic E-state index is 12.9. The van der Waals surface area contributed by atoms with Gasteiger partial charge in [0, 0.05) is 24.8 Å². The highest BCUT2D eigenvalue weighted by atomic mass is 19.1. The highest BCUT2D eigenvalue weighted by molar-refractivity contribution is 5.82. The number of hydrogen-bond donors (Lipinski definition) is 3. The van der Waals surface area contributed by atoms with Crippen molar-refractivity contribution in [1.82, 2.24) is 21.2 Å². The number of hydrazine groups is 1. The van der Waals surface area contributed by atoms with Crippen LogP contribution in [0.4, 0.5) is 4.39 Å². The van der Waals surface area contributed by atoms with Crippen molar-refractivity contribution in [3.8, 4) is 11.6 Å². The third kappa shape index (κ3) is 5.00. The Balaban J connectivity index is 1.47. The van der Waals surface area contributed by atoms with E-state index >= 15 is 0 Å². The molecule has 2 atom stereocenters. The normalized spacial score (nSPS) is 19.3. The van der Waals surface area contributed by atoms with E-state index in [-0.39, 0.29) is 17.8 Å². The number of carbonyl (C=O) groups excluding carboxylic acids is 1. The van der Waals surface area contributed by atoms with E-state index in [2.05, 4.69) is 28.1 Å². The Morgan fingerprint density at radius 2 is 2.08 bits per heavy atom. The first kappa shape index (κ1) is 18.3. The van der Waals surface area contributed by atoms with Crippen LogP contribution in [-0.4, -0.2) is 23.0 Å². The molecule has 0 aliphatic carbocycles. The van der Waals surface area contributed by atoms with E-state index in [9.17, 15) is 9.18 Å². The average Bonchev–Trinajstić information content (AvgIpc) is 3.12. The minimum Gasteiger partial charge on any atom is -0.439 e. The van der Waals surface area contributed by atoms with Crippen LogP contribution in [0.5, 0.6) is 11.6 Å². The van der Waals surface area contributed by atoms with Gasteiger partial charge in [-0.1, -0.05) is 19.4 Å². The summed E-state index contributed by atoms with van der Waals surface area (Å²) in [5.74, 6) is 0.587. The smallest absolute Gasteiger partial charge is 0.238 e. The number of pyridine rings is 1. The molecule has 0 saturated carbocycles. The summed E-state index contributed by atoms with van der Waals surface area (Å²) in [7, 11) is 0. The number of carbonyl (C=O) groups is 1. The molecule has 0 bridgehead atoms. The van der Waals surface area contributed by atoms with Crippen LogP contribution in [0.1, 0.15) is 31.7 Å². The lowest BCUT2D eigenvalue weighted by molar-refractivity contribution is -0.123. The predicted octanol–water partition coefficient (Wildman–Crippen LogP) is 2.66. The standard InChI is InChI=1S/C19H23FN4O2/c1-2-3-15-10-17(24-23-15)19(25)22-12-13-4-9-18(21-11-13)26-16-7-5-14(20)6-8-16/h4-9,11,15,17,23-24H,2-3,10,12H2,1H3,(H,22,25). The third-order valence-electron chi connectivity index (χ3n) is 4.24. The number of nitrogens with zero attached hydrogens (tertiary/aromatic N) is 1. The predicted molar refractivity (Wildman–Crippen MR) is 95.9 cm³/mol. The van der Waals surface area contributed by atoms with E-state index in [4.69, 9.17) is 4.74 Å². The number of amides is 1. The number of aromatic nitrogens is 1. The molecule has 1 aliphatic heterocycles. The molecule has 0 spiro atoms. The van der Waals surface area contributed by atoms with Crippen LogP contribution in [0.15, 0.2) is 42.6 Å². The molecule has 1 amide bonds. The van der Waals surface area contributed by atoms with Gasteiger partial charge in [0.25, 0.3) is 0 Å². The van der Waals surface area contributed by atoms with Gasteiger partial charge in [-0.05, 0) is 42.7 Å². The number of halogens is 1. The van der Waals surface area contributed by atoms with Crippen LogP contribution >= 0.6 is 0 Å². The number of rotatable bonds is 7. The van der Waals surface area contributed by atoms with Gasteiger partial charge in [-0.15, -0.1) is 0 Å². The lowest BCUT2D eigenvalue weighted by Crippen LogP contribution is -2.43. The molecular formula is C19H23FN4O2. The molecule has 138 valence electrons. The third-order valence-corrected chi connectivity index (χ3v) is 4.24. The van der Waals surface area contributed by atoms with Crippen LogP contribution in [0.3, 0.4) is 0 Å². The van der Waals surface area contributed by atoms with E-state index < -0.39 is 0 Å². The quantitative estimate of drug-likeness (QED) is 0.710. The topological polar surface area (TPSA) is 75.3 Å². The Morgan fingerprint density at radius 1 is 1.27 bits per heavy atom. The molecule has 1 aromatic carbocycles. The molecule has 1 aromatic heterocycles. The summed E-state index contributed by atoms with van der Waals surface area (Å²) in [5, 5.41) is 2.92. The highest BCUT2D eigenvalue weighted by Crippen LogP contribution is 2.19. The van der Waals surface area contributed by atoms with Crippen molar-refractivity contribution >= 4 is 5.91 Å². The number of ether oxygens (including phenoxy) is 1. The SMILES string of the molecule is CCCC1CC(C(=O)NCc2ccc(Oc3ccc(F)cc3)nc2)NN1. The molecule has 1 saturated heterocycles. The first-order valence-corrected chi connectivity index (χ1v) is 8.81. The zero-order chi connectivity index (χ0) is 18.4. The molecule has 1 aliphatic rings. The summed E-state index contributed by atoms with van der Waals surface area (Å²) >= 11 is 0. The van der Waals surface area contributed by atoms with Crippen molar-refractivity contribution in [1.29, 1.82) is 0 Å². The molecule has 1 fully saturated rings. The fourth-order valence-electron chi connectivity index (χ4n) is 2.84. The number of benzene rings is 1. The second-order valence-electron chi connectivity index (χ2n) is 6.34. The van der Waals surface area contributed by atoms with Gasteiger partial charge in [0.1, 0.15) is 17.6 Å². The van der Waals surface area contributed by atoms with Crippen molar-refractivity contribution in [3.63, 3.8) is 0 Å². The Labute approximate surface area is 152 Å². The van der Waals surface area contributed by atoms with Crippen LogP contribution in [-0.2, 0) is 11.3 Å². The second kappa shape index (κ2) is 8.73. The van der Waals surface area contributed by atoms with Crippen molar-refractivity contribution in [2.24, 2.45) is 0 Å². The Hall–Kier alpha value is -2.51. The largest absolute Gasteiger partial charge is 0.439 e. The van der Waals surface area contributed by atoms with E-state index in [1.165, 1.54) is 12.1 Å². The lowest BCUT2D eigenvalue weighted by Gasteiger charge is -2.11. The summed E-state index contributed by atoms with van der Waals surface area (Å²) in [4.78, 5) is 16.4.